The lowest BCUT2D eigenvalue weighted by atomic mass is 9.95. The summed E-state index contributed by atoms with van der Waals surface area (Å²) in [7, 11) is 0. The van der Waals surface area contributed by atoms with Gasteiger partial charge in [-0.3, -0.25) is 0 Å². The second-order valence-corrected chi connectivity index (χ2v) is 14.9. The van der Waals surface area contributed by atoms with E-state index in [1.165, 1.54) is 104 Å². The Morgan fingerprint density at radius 3 is 1.29 bits per heavy atom. The second-order valence-electron chi connectivity index (χ2n) is 14.9. The van der Waals surface area contributed by atoms with Crippen LogP contribution in [0.3, 0.4) is 0 Å². The molecule has 0 amide bonds. The number of benzene rings is 10. The van der Waals surface area contributed by atoms with Crippen molar-refractivity contribution in [1.82, 2.24) is 9.13 Å². The molecule has 0 aliphatic heterocycles. The third kappa shape index (κ3) is 4.63. The molecule has 0 radical (unpaired) electrons. The molecule has 2 heteroatoms. The Morgan fingerprint density at radius 2 is 0.643 bits per heavy atom. The summed E-state index contributed by atoms with van der Waals surface area (Å²) >= 11 is 0. The number of aromatic nitrogens is 2. The van der Waals surface area contributed by atoms with Crippen LogP contribution in [0.15, 0.2) is 206 Å². The summed E-state index contributed by atoms with van der Waals surface area (Å²) in [6.07, 6.45) is 0. The van der Waals surface area contributed by atoms with Gasteiger partial charge in [0.1, 0.15) is 0 Å². The van der Waals surface area contributed by atoms with Crippen LogP contribution in [-0.2, 0) is 0 Å². The van der Waals surface area contributed by atoms with E-state index in [4.69, 9.17) is 0 Å². The first-order valence-electron chi connectivity index (χ1n) is 19.3. The van der Waals surface area contributed by atoms with Gasteiger partial charge in [0.2, 0.25) is 0 Å². The van der Waals surface area contributed by atoms with Gasteiger partial charge in [-0.25, -0.2) is 0 Å². The van der Waals surface area contributed by atoms with Crippen molar-refractivity contribution in [3.05, 3.63) is 206 Å². The third-order valence-corrected chi connectivity index (χ3v) is 11.9. The minimum atomic E-state index is 1.15. The number of fused-ring (bicyclic) bond motifs is 11. The van der Waals surface area contributed by atoms with Crippen LogP contribution in [0.25, 0.3) is 110 Å². The standard InChI is InChI=1S/C54H34N2/c1-2-11-41(12-3-1)55-51-16-8-6-14-47(51)49-33-38(23-30-53(49)55)39-24-31-54-50(34-39)48-15-7-9-17-52(48)56(54)42-25-18-35(19-26-42)37-21-27-44-40(32-37)22-29-45-43-13-5-4-10-36(43)20-28-46(44)45/h1-34H. The van der Waals surface area contributed by atoms with Crippen LogP contribution >= 0.6 is 0 Å². The van der Waals surface area contributed by atoms with E-state index in [2.05, 4.69) is 215 Å². The molecule has 10 aromatic carbocycles. The molecular formula is C54H34N2. The molecule has 0 saturated carbocycles. The summed E-state index contributed by atoms with van der Waals surface area (Å²) in [5.41, 5.74) is 12.0. The van der Waals surface area contributed by atoms with Crippen LogP contribution in [0.1, 0.15) is 0 Å². The van der Waals surface area contributed by atoms with Gasteiger partial charge < -0.3 is 9.13 Å². The molecule has 0 unspecified atom stereocenters. The van der Waals surface area contributed by atoms with E-state index in [1.807, 2.05) is 0 Å². The molecule has 0 atom stereocenters. The van der Waals surface area contributed by atoms with E-state index in [1.54, 1.807) is 0 Å². The lowest BCUT2D eigenvalue weighted by Gasteiger charge is -2.11. The largest absolute Gasteiger partial charge is 0.309 e. The minimum absolute atomic E-state index is 1.15. The topological polar surface area (TPSA) is 9.86 Å². The van der Waals surface area contributed by atoms with Crippen molar-refractivity contribution < 1.29 is 0 Å². The first kappa shape index (κ1) is 31.0. The highest BCUT2D eigenvalue weighted by Gasteiger charge is 2.16. The van der Waals surface area contributed by atoms with Crippen molar-refractivity contribution in [2.24, 2.45) is 0 Å². The van der Waals surface area contributed by atoms with E-state index in [-0.39, 0.29) is 0 Å². The van der Waals surface area contributed by atoms with Crippen molar-refractivity contribution in [1.29, 1.82) is 0 Å². The van der Waals surface area contributed by atoms with E-state index < -0.39 is 0 Å². The fourth-order valence-electron chi connectivity index (χ4n) is 9.25. The Balaban J connectivity index is 0.936. The molecule has 2 nitrogen and oxygen atoms in total. The third-order valence-electron chi connectivity index (χ3n) is 11.9. The van der Waals surface area contributed by atoms with Crippen LogP contribution in [0.2, 0.25) is 0 Å². The smallest absolute Gasteiger partial charge is 0.0541 e. The van der Waals surface area contributed by atoms with Gasteiger partial charge in [0.15, 0.2) is 0 Å². The molecule has 12 aromatic rings. The van der Waals surface area contributed by atoms with Gasteiger partial charge in [-0.05, 0) is 121 Å². The fraction of sp³-hybridized carbons (Fsp3) is 0. The number of hydrogen-bond donors (Lipinski definition) is 0. The van der Waals surface area contributed by atoms with Crippen molar-refractivity contribution >= 4 is 75.9 Å². The lowest BCUT2D eigenvalue weighted by Crippen LogP contribution is -1.94. The molecule has 0 spiro atoms. The predicted octanol–water partition coefficient (Wildman–Crippen LogP) is 14.7. The number of rotatable bonds is 4. The van der Waals surface area contributed by atoms with E-state index in [0.29, 0.717) is 0 Å². The minimum Gasteiger partial charge on any atom is -0.309 e. The van der Waals surface area contributed by atoms with Crippen molar-refractivity contribution in [3.63, 3.8) is 0 Å². The average molecular weight is 711 g/mol. The summed E-state index contributed by atoms with van der Waals surface area (Å²) < 4.78 is 4.78. The first-order chi connectivity index (χ1) is 27.8. The molecule has 260 valence electrons. The quantitative estimate of drug-likeness (QED) is 0.161. The fourth-order valence-corrected chi connectivity index (χ4v) is 9.25. The molecule has 2 heterocycles. The molecule has 12 rings (SSSR count). The Labute approximate surface area is 323 Å². The van der Waals surface area contributed by atoms with E-state index in [0.717, 1.165) is 5.69 Å². The van der Waals surface area contributed by atoms with Crippen molar-refractivity contribution in [3.8, 4) is 33.6 Å². The lowest BCUT2D eigenvalue weighted by molar-refractivity contribution is 1.18. The average Bonchev–Trinajstić information content (AvgIpc) is 3.78. The summed E-state index contributed by atoms with van der Waals surface area (Å²) in [6.45, 7) is 0. The highest BCUT2D eigenvalue weighted by Crippen LogP contribution is 2.39. The maximum atomic E-state index is 2.41. The summed E-state index contributed by atoms with van der Waals surface area (Å²) in [6, 6.07) is 75.7. The Bertz CT molecular complexity index is 3510. The van der Waals surface area contributed by atoms with E-state index >= 15 is 0 Å². The number of para-hydroxylation sites is 3. The zero-order valence-electron chi connectivity index (χ0n) is 30.5. The Kier molecular flexibility index (Phi) is 6.66. The molecule has 56 heavy (non-hydrogen) atoms. The monoisotopic (exact) mass is 710 g/mol. The van der Waals surface area contributed by atoms with Gasteiger partial charge in [0.25, 0.3) is 0 Å². The normalized spacial score (nSPS) is 11.9. The van der Waals surface area contributed by atoms with Gasteiger partial charge in [0, 0.05) is 32.9 Å². The molecule has 0 saturated heterocycles. The zero-order chi connectivity index (χ0) is 36.7. The summed E-state index contributed by atoms with van der Waals surface area (Å²) in [5, 5.41) is 12.8. The van der Waals surface area contributed by atoms with E-state index in [9.17, 15) is 0 Å². The zero-order valence-corrected chi connectivity index (χ0v) is 30.5. The Hall–Kier alpha value is -7.42. The van der Waals surface area contributed by atoms with Crippen LogP contribution in [0, 0.1) is 0 Å². The van der Waals surface area contributed by atoms with Crippen molar-refractivity contribution in [2.45, 2.75) is 0 Å². The van der Waals surface area contributed by atoms with Gasteiger partial charge in [0.05, 0.1) is 22.1 Å². The molecule has 2 aromatic heterocycles. The highest BCUT2D eigenvalue weighted by atomic mass is 15.0. The van der Waals surface area contributed by atoms with Crippen LogP contribution in [0.5, 0.6) is 0 Å². The molecule has 0 N–H and O–H groups in total. The first-order valence-corrected chi connectivity index (χ1v) is 19.3. The summed E-state index contributed by atoms with van der Waals surface area (Å²) in [5.74, 6) is 0. The second kappa shape index (κ2) is 12.0. The predicted molar refractivity (Wildman–Crippen MR) is 239 cm³/mol. The van der Waals surface area contributed by atoms with Crippen LogP contribution < -0.4 is 0 Å². The van der Waals surface area contributed by atoms with Gasteiger partial charge in [-0.2, -0.15) is 0 Å². The summed E-state index contributed by atoms with van der Waals surface area (Å²) in [4.78, 5) is 0. The molecular weight excluding hydrogens is 677 g/mol. The highest BCUT2D eigenvalue weighted by molar-refractivity contribution is 6.18. The number of hydrogen-bond acceptors (Lipinski definition) is 0. The molecule has 0 bridgehead atoms. The number of nitrogens with zero attached hydrogens (tertiary/aromatic N) is 2. The molecule has 0 aliphatic rings. The Morgan fingerprint density at radius 1 is 0.214 bits per heavy atom. The van der Waals surface area contributed by atoms with Crippen molar-refractivity contribution in [2.75, 3.05) is 0 Å². The molecule has 0 aliphatic carbocycles. The van der Waals surface area contributed by atoms with Crippen LogP contribution in [-0.4, -0.2) is 9.13 Å². The van der Waals surface area contributed by atoms with Crippen LogP contribution in [0.4, 0.5) is 0 Å². The van der Waals surface area contributed by atoms with Gasteiger partial charge in [-0.1, -0.05) is 140 Å². The molecule has 0 fully saturated rings. The maximum absolute atomic E-state index is 2.41. The van der Waals surface area contributed by atoms with Gasteiger partial charge >= 0.3 is 0 Å². The maximum Gasteiger partial charge on any atom is 0.0541 e. The van der Waals surface area contributed by atoms with Gasteiger partial charge in [-0.15, -0.1) is 0 Å². The SMILES string of the molecule is c1ccc(-n2c3ccccc3c3cc(-c4ccc5c(c4)c4ccccc4n5-c4ccc(-c5ccc6c(ccc7c8ccccc8ccc67)c5)cc4)ccc32)cc1.